The molecule has 158 valence electrons. The van der Waals surface area contributed by atoms with E-state index in [9.17, 15) is 4.79 Å². The lowest BCUT2D eigenvalue weighted by Gasteiger charge is -2.19. The van der Waals surface area contributed by atoms with Gasteiger partial charge in [0.05, 0.1) is 4.91 Å². The molecule has 1 saturated heterocycles. The third-order valence-electron chi connectivity index (χ3n) is 4.73. The van der Waals surface area contributed by atoms with Crippen molar-refractivity contribution in [3.63, 3.8) is 0 Å². The summed E-state index contributed by atoms with van der Waals surface area (Å²) in [6, 6.07) is 15.8. The smallest absolute Gasteiger partial charge is 0.266 e. The van der Waals surface area contributed by atoms with E-state index in [4.69, 9.17) is 21.7 Å². The van der Waals surface area contributed by atoms with Crippen molar-refractivity contribution < 1.29 is 14.3 Å². The molecule has 1 aliphatic heterocycles. The second-order valence-corrected chi connectivity index (χ2v) is 9.61. The minimum atomic E-state index is -0.0515. The number of thiocarbonyl (C=S) groups is 1. The van der Waals surface area contributed by atoms with Crippen LogP contribution in [0.15, 0.2) is 53.4 Å². The van der Waals surface area contributed by atoms with Crippen LogP contribution in [0.1, 0.15) is 38.8 Å². The number of para-hydroxylation sites is 1. The van der Waals surface area contributed by atoms with Crippen LogP contribution in [-0.2, 0) is 10.2 Å². The van der Waals surface area contributed by atoms with Crippen molar-refractivity contribution in [3.8, 4) is 11.5 Å². The highest BCUT2D eigenvalue weighted by atomic mass is 32.2. The lowest BCUT2D eigenvalue weighted by Crippen LogP contribution is -2.27. The number of nitrogens with zero attached hydrogens (tertiary/aromatic N) is 1. The van der Waals surface area contributed by atoms with Crippen molar-refractivity contribution in [2.75, 3.05) is 19.8 Å². The number of hydrogen-bond acceptors (Lipinski definition) is 5. The Bertz CT molecular complexity index is 946. The molecule has 0 unspecified atom stereocenters. The summed E-state index contributed by atoms with van der Waals surface area (Å²) in [5.41, 5.74) is 2.24. The molecule has 1 amide bonds. The van der Waals surface area contributed by atoms with E-state index in [1.165, 1.54) is 17.3 Å². The molecule has 2 aromatic carbocycles. The van der Waals surface area contributed by atoms with Crippen molar-refractivity contribution in [3.05, 3.63) is 64.6 Å². The minimum absolute atomic E-state index is 0.0515. The summed E-state index contributed by atoms with van der Waals surface area (Å²) in [4.78, 5) is 14.7. The van der Waals surface area contributed by atoms with Crippen molar-refractivity contribution in [1.29, 1.82) is 0 Å². The van der Waals surface area contributed by atoms with E-state index in [-0.39, 0.29) is 11.3 Å². The van der Waals surface area contributed by atoms with Gasteiger partial charge < -0.3 is 9.47 Å². The highest BCUT2D eigenvalue weighted by Crippen LogP contribution is 2.34. The first kappa shape index (κ1) is 22.4. The van der Waals surface area contributed by atoms with Gasteiger partial charge in [-0.25, -0.2) is 0 Å². The molecule has 0 saturated carbocycles. The lowest BCUT2D eigenvalue weighted by molar-refractivity contribution is -0.121. The summed E-state index contributed by atoms with van der Waals surface area (Å²) in [5.74, 6) is 1.48. The van der Waals surface area contributed by atoms with E-state index in [2.05, 4.69) is 32.9 Å². The van der Waals surface area contributed by atoms with Gasteiger partial charge in [0.15, 0.2) is 0 Å². The number of thioether (sulfide) groups is 1. The molecule has 1 fully saturated rings. The second-order valence-electron chi connectivity index (χ2n) is 7.94. The monoisotopic (exact) mass is 441 g/mol. The molecule has 0 atom stereocenters. The van der Waals surface area contributed by atoms with Crippen LogP contribution in [0.3, 0.4) is 0 Å². The maximum atomic E-state index is 12.5. The van der Waals surface area contributed by atoms with E-state index >= 15 is 0 Å². The zero-order chi connectivity index (χ0) is 21.7. The largest absolute Gasteiger partial charge is 0.490 e. The fourth-order valence-corrected chi connectivity index (χ4v) is 4.38. The Kier molecular flexibility index (Phi) is 7.21. The second kappa shape index (κ2) is 9.67. The lowest BCUT2D eigenvalue weighted by atomic mass is 9.87. The van der Waals surface area contributed by atoms with Gasteiger partial charge in [-0.1, -0.05) is 75.1 Å². The number of carbonyl (C=O) groups is 1. The van der Waals surface area contributed by atoms with E-state index in [0.717, 1.165) is 11.3 Å². The van der Waals surface area contributed by atoms with Crippen LogP contribution < -0.4 is 9.47 Å². The van der Waals surface area contributed by atoms with Crippen LogP contribution >= 0.6 is 24.0 Å². The van der Waals surface area contributed by atoms with Crippen LogP contribution in [-0.4, -0.2) is 34.9 Å². The van der Waals surface area contributed by atoms with Gasteiger partial charge in [-0.3, -0.25) is 9.69 Å². The number of likely N-dealkylation sites (N-methyl/N-ethyl adjacent to an activating group) is 1. The van der Waals surface area contributed by atoms with Crippen molar-refractivity contribution in [1.82, 2.24) is 4.90 Å². The van der Waals surface area contributed by atoms with Crippen molar-refractivity contribution >= 4 is 40.3 Å². The number of benzene rings is 2. The first-order chi connectivity index (χ1) is 14.3. The number of carbonyl (C=O) groups excluding carboxylic acids is 1. The molecule has 1 heterocycles. The Balaban J connectivity index is 1.59. The van der Waals surface area contributed by atoms with Gasteiger partial charge in [0, 0.05) is 12.1 Å². The quantitative estimate of drug-likeness (QED) is 0.315. The van der Waals surface area contributed by atoms with Gasteiger partial charge in [-0.2, -0.15) is 0 Å². The van der Waals surface area contributed by atoms with E-state index in [1.807, 2.05) is 49.4 Å². The molecule has 0 N–H and O–H groups in total. The van der Waals surface area contributed by atoms with Crippen LogP contribution in [0.2, 0.25) is 0 Å². The highest BCUT2D eigenvalue weighted by Gasteiger charge is 2.30. The number of rotatable bonds is 7. The van der Waals surface area contributed by atoms with Crippen LogP contribution in [0.4, 0.5) is 0 Å². The molecule has 6 heteroatoms. The molecule has 30 heavy (non-hydrogen) atoms. The maximum Gasteiger partial charge on any atom is 0.266 e. The van der Waals surface area contributed by atoms with Crippen LogP contribution in [0, 0.1) is 0 Å². The first-order valence-electron chi connectivity index (χ1n) is 10.00. The predicted octanol–water partition coefficient (Wildman–Crippen LogP) is 5.66. The van der Waals surface area contributed by atoms with Gasteiger partial charge in [0.1, 0.15) is 29.0 Å². The Morgan fingerprint density at radius 1 is 1.03 bits per heavy atom. The zero-order valence-corrected chi connectivity index (χ0v) is 19.4. The number of ether oxygens (including phenoxy) is 2. The molecule has 0 aliphatic carbocycles. The molecular formula is C24H27NO3S2. The van der Waals surface area contributed by atoms with Gasteiger partial charge >= 0.3 is 0 Å². The number of amides is 1. The minimum Gasteiger partial charge on any atom is -0.490 e. The molecule has 0 radical (unpaired) electrons. The standard InChI is InChI=1S/C24H27NO3S2/c1-5-25-22(26)21(30-23(25)29)16-17-8-6-7-9-20(17)28-15-14-27-19-12-10-18(11-13-19)24(2,3)4/h6-13,16H,5,14-15H2,1-4H3/b21-16+. The Morgan fingerprint density at radius 2 is 1.70 bits per heavy atom. The Hall–Kier alpha value is -2.31. The van der Waals surface area contributed by atoms with Gasteiger partial charge in [-0.15, -0.1) is 0 Å². The summed E-state index contributed by atoms with van der Waals surface area (Å²) < 4.78 is 12.3. The molecule has 0 bridgehead atoms. The summed E-state index contributed by atoms with van der Waals surface area (Å²) in [7, 11) is 0. The molecule has 1 aliphatic rings. The average molecular weight is 442 g/mol. The van der Waals surface area contributed by atoms with E-state index in [0.29, 0.717) is 34.7 Å². The first-order valence-corrected chi connectivity index (χ1v) is 11.2. The zero-order valence-electron chi connectivity index (χ0n) is 17.8. The number of hydrogen-bond donors (Lipinski definition) is 0. The summed E-state index contributed by atoms with van der Waals surface area (Å²) in [6.07, 6.45) is 1.84. The third kappa shape index (κ3) is 5.43. The fraction of sp³-hybridized carbons (Fsp3) is 0.333. The molecule has 2 aromatic rings. The summed E-state index contributed by atoms with van der Waals surface area (Å²) >= 11 is 6.61. The van der Waals surface area contributed by atoms with Gasteiger partial charge in [-0.05, 0) is 42.2 Å². The molecule has 0 aromatic heterocycles. The van der Waals surface area contributed by atoms with Gasteiger partial charge in [0.2, 0.25) is 0 Å². The molecule has 4 nitrogen and oxygen atoms in total. The molecular weight excluding hydrogens is 414 g/mol. The maximum absolute atomic E-state index is 12.5. The fourth-order valence-electron chi connectivity index (χ4n) is 3.01. The third-order valence-corrected chi connectivity index (χ3v) is 6.10. The van der Waals surface area contributed by atoms with Crippen molar-refractivity contribution in [2.45, 2.75) is 33.1 Å². The topological polar surface area (TPSA) is 38.8 Å². The molecule has 0 spiro atoms. The van der Waals surface area contributed by atoms with E-state index in [1.54, 1.807) is 4.90 Å². The normalized spacial score (nSPS) is 15.7. The Morgan fingerprint density at radius 3 is 2.33 bits per heavy atom. The Labute approximate surface area is 188 Å². The van der Waals surface area contributed by atoms with Crippen LogP contribution in [0.5, 0.6) is 11.5 Å². The van der Waals surface area contributed by atoms with Gasteiger partial charge in [0.25, 0.3) is 5.91 Å². The van der Waals surface area contributed by atoms with E-state index < -0.39 is 0 Å². The molecule has 3 rings (SSSR count). The van der Waals surface area contributed by atoms with Crippen LogP contribution in [0.25, 0.3) is 6.08 Å². The average Bonchev–Trinajstić information content (AvgIpc) is 2.98. The SMILES string of the molecule is CCN1C(=O)/C(=C\c2ccccc2OCCOc2ccc(C(C)(C)C)cc2)SC1=S. The van der Waals surface area contributed by atoms with Crippen molar-refractivity contribution in [2.24, 2.45) is 0 Å². The summed E-state index contributed by atoms with van der Waals surface area (Å²) in [5, 5.41) is 0. The predicted molar refractivity (Wildman–Crippen MR) is 128 cm³/mol. The summed E-state index contributed by atoms with van der Waals surface area (Å²) in [6.45, 7) is 9.90. The highest BCUT2D eigenvalue weighted by molar-refractivity contribution is 8.26.